The Labute approximate surface area is 132 Å². The highest BCUT2D eigenvalue weighted by Crippen LogP contribution is 2.23. The number of alkyl halides is 1. The number of benzene rings is 2. The second-order valence-corrected chi connectivity index (χ2v) is 7.28. The SMILES string of the molecule is O=S(=O)(NCC(Cl)c1ccccc1)c1ccccc1Br. The molecule has 0 aliphatic rings. The predicted molar refractivity (Wildman–Crippen MR) is 84.4 cm³/mol. The first-order valence-electron chi connectivity index (χ1n) is 5.94. The number of hydrogen-bond donors (Lipinski definition) is 1. The van der Waals surface area contributed by atoms with Crippen molar-refractivity contribution in [1.82, 2.24) is 4.72 Å². The van der Waals surface area contributed by atoms with Crippen molar-refractivity contribution in [3.63, 3.8) is 0 Å². The van der Waals surface area contributed by atoms with Crippen LogP contribution in [0, 0.1) is 0 Å². The molecule has 0 aromatic heterocycles. The van der Waals surface area contributed by atoms with Crippen molar-refractivity contribution < 1.29 is 8.42 Å². The topological polar surface area (TPSA) is 46.2 Å². The van der Waals surface area contributed by atoms with E-state index in [2.05, 4.69) is 20.7 Å². The Bertz CT molecular complexity index is 677. The summed E-state index contributed by atoms with van der Waals surface area (Å²) in [6, 6.07) is 16.0. The van der Waals surface area contributed by atoms with Gasteiger partial charge in [-0.2, -0.15) is 0 Å². The Hall–Kier alpha value is -0.880. The largest absolute Gasteiger partial charge is 0.241 e. The summed E-state index contributed by atoms with van der Waals surface area (Å²) in [6.45, 7) is 0.134. The van der Waals surface area contributed by atoms with E-state index in [1.54, 1.807) is 18.2 Å². The highest BCUT2D eigenvalue weighted by molar-refractivity contribution is 9.10. The van der Waals surface area contributed by atoms with Gasteiger partial charge in [-0.1, -0.05) is 42.5 Å². The van der Waals surface area contributed by atoms with Gasteiger partial charge in [-0.3, -0.25) is 0 Å². The molecule has 1 unspecified atom stereocenters. The van der Waals surface area contributed by atoms with E-state index in [0.717, 1.165) is 5.56 Å². The molecule has 0 amide bonds. The summed E-state index contributed by atoms with van der Waals surface area (Å²) in [7, 11) is -3.58. The van der Waals surface area contributed by atoms with Gasteiger partial charge >= 0.3 is 0 Å². The van der Waals surface area contributed by atoms with Gasteiger partial charge in [0, 0.05) is 11.0 Å². The maximum absolute atomic E-state index is 12.2. The maximum atomic E-state index is 12.2. The highest BCUT2D eigenvalue weighted by atomic mass is 79.9. The Morgan fingerprint density at radius 1 is 1.05 bits per heavy atom. The zero-order valence-corrected chi connectivity index (χ0v) is 13.6. The normalized spacial score (nSPS) is 13.1. The third-order valence-corrected chi connectivity index (χ3v) is 5.58. The van der Waals surface area contributed by atoms with E-state index in [-0.39, 0.29) is 11.4 Å². The fourth-order valence-corrected chi connectivity index (χ4v) is 4.07. The fourth-order valence-electron chi connectivity index (χ4n) is 1.70. The van der Waals surface area contributed by atoms with E-state index in [1.165, 1.54) is 6.07 Å². The maximum Gasteiger partial charge on any atom is 0.241 e. The molecule has 0 saturated carbocycles. The molecule has 2 aromatic carbocycles. The Balaban J connectivity index is 2.09. The molecule has 106 valence electrons. The Morgan fingerprint density at radius 3 is 2.30 bits per heavy atom. The summed E-state index contributed by atoms with van der Waals surface area (Å²) in [6.07, 6.45) is 0. The van der Waals surface area contributed by atoms with Crippen LogP contribution in [-0.2, 0) is 10.0 Å². The van der Waals surface area contributed by atoms with Crippen LogP contribution < -0.4 is 4.72 Å². The number of nitrogens with one attached hydrogen (secondary N) is 1. The lowest BCUT2D eigenvalue weighted by Gasteiger charge is -2.12. The van der Waals surface area contributed by atoms with Crippen LogP contribution >= 0.6 is 27.5 Å². The van der Waals surface area contributed by atoms with Gasteiger partial charge < -0.3 is 0 Å². The van der Waals surface area contributed by atoms with Crippen molar-refractivity contribution in [2.45, 2.75) is 10.3 Å². The molecule has 0 fully saturated rings. The lowest BCUT2D eigenvalue weighted by Crippen LogP contribution is -2.27. The number of sulfonamides is 1. The van der Waals surface area contributed by atoms with Gasteiger partial charge in [0.05, 0.1) is 10.3 Å². The van der Waals surface area contributed by atoms with Crippen LogP contribution in [0.4, 0.5) is 0 Å². The van der Waals surface area contributed by atoms with Crippen LogP contribution in [0.2, 0.25) is 0 Å². The lowest BCUT2D eigenvalue weighted by molar-refractivity contribution is 0.580. The average molecular weight is 375 g/mol. The monoisotopic (exact) mass is 373 g/mol. The summed E-state index contributed by atoms with van der Waals surface area (Å²) in [5.41, 5.74) is 0.879. The molecular weight excluding hydrogens is 362 g/mol. The van der Waals surface area contributed by atoms with Gasteiger partial charge in [-0.25, -0.2) is 13.1 Å². The van der Waals surface area contributed by atoms with Gasteiger partial charge in [0.15, 0.2) is 0 Å². The molecule has 0 aliphatic heterocycles. The molecule has 6 heteroatoms. The van der Waals surface area contributed by atoms with Crippen LogP contribution in [0.25, 0.3) is 0 Å². The van der Waals surface area contributed by atoms with Crippen molar-refractivity contribution in [3.8, 4) is 0 Å². The predicted octanol–water partition coefficient (Wildman–Crippen LogP) is 3.71. The Morgan fingerprint density at radius 2 is 1.65 bits per heavy atom. The van der Waals surface area contributed by atoms with Gasteiger partial charge in [0.25, 0.3) is 0 Å². The second kappa shape index (κ2) is 6.72. The molecule has 0 aliphatic carbocycles. The first kappa shape index (κ1) is 15.5. The average Bonchev–Trinajstić information content (AvgIpc) is 2.46. The molecule has 0 bridgehead atoms. The summed E-state index contributed by atoms with van der Waals surface area (Å²) in [5.74, 6) is 0. The van der Waals surface area contributed by atoms with E-state index < -0.39 is 15.4 Å². The van der Waals surface area contributed by atoms with Crippen LogP contribution in [-0.4, -0.2) is 15.0 Å². The van der Waals surface area contributed by atoms with E-state index in [9.17, 15) is 8.42 Å². The van der Waals surface area contributed by atoms with Crippen LogP contribution in [0.5, 0.6) is 0 Å². The summed E-state index contributed by atoms with van der Waals surface area (Å²) in [5, 5.41) is -0.409. The van der Waals surface area contributed by atoms with Crippen molar-refractivity contribution in [3.05, 3.63) is 64.6 Å². The minimum atomic E-state index is -3.58. The molecule has 0 spiro atoms. The van der Waals surface area contributed by atoms with E-state index in [4.69, 9.17) is 11.6 Å². The molecule has 2 rings (SSSR count). The summed E-state index contributed by atoms with van der Waals surface area (Å²) < 4.78 is 27.4. The second-order valence-electron chi connectivity index (χ2n) is 4.16. The van der Waals surface area contributed by atoms with Crippen LogP contribution in [0.15, 0.2) is 64.0 Å². The lowest BCUT2D eigenvalue weighted by atomic mass is 10.1. The van der Waals surface area contributed by atoms with Gasteiger partial charge in [0.2, 0.25) is 10.0 Å². The smallest absolute Gasteiger partial charge is 0.209 e. The molecule has 0 heterocycles. The molecule has 3 nitrogen and oxygen atoms in total. The van der Waals surface area contributed by atoms with Gasteiger partial charge in [-0.05, 0) is 33.6 Å². The molecular formula is C14H13BrClNO2S. The zero-order chi connectivity index (χ0) is 14.6. The highest BCUT2D eigenvalue weighted by Gasteiger charge is 2.18. The molecule has 1 atom stereocenters. The first-order valence-corrected chi connectivity index (χ1v) is 8.65. The molecule has 2 aromatic rings. The molecule has 0 radical (unpaired) electrons. The van der Waals surface area contributed by atoms with Gasteiger partial charge in [-0.15, -0.1) is 11.6 Å². The molecule has 0 saturated heterocycles. The van der Waals surface area contributed by atoms with E-state index in [0.29, 0.717) is 4.47 Å². The number of rotatable bonds is 5. The quantitative estimate of drug-likeness (QED) is 0.811. The zero-order valence-electron chi connectivity index (χ0n) is 10.5. The van der Waals surface area contributed by atoms with E-state index >= 15 is 0 Å². The standard InChI is InChI=1S/C14H13BrClNO2S/c15-12-8-4-5-9-14(12)20(18,19)17-10-13(16)11-6-2-1-3-7-11/h1-9,13,17H,10H2. The molecule has 20 heavy (non-hydrogen) atoms. The minimum absolute atomic E-state index is 0.134. The van der Waals surface area contributed by atoms with Crippen molar-refractivity contribution in [1.29, 1.82) is 0 Å². The minimum Gasteiger partial charge on any atom is -0.209 e. The van der Waals surface area contributed by atoms with Crippen molar-refractivity contribution in [2.24, 2.45) is 0 Å². The number of hydrogen-bond acceptors (Lipinski definition) is 2. The summed E-state index contributed by atoms with van der Waals surface area (Å²) >= 11 is 9.43. The van der Waals surface area contributed by atoms with Crippen molar-refractivity contribution in [2.75, 3.05) is 6.54 Å². The summed E-state index contributed by atoms with van der Waals surface area (Å²) in [4.78, 5) is 0.205. The molecule has 1 N–H and O–H groups in total. The van der Waals surface area contributed by atoms with Crippen LogP contribution in [0.1, 0.15) is 10.9 Å². The number of halogens is 2. The van der Waals surface area contributed by atoms with E-state index in [1.807, 2.05) is 30.3 Å². The van der Waals surface area contributed by atoms with Gasteiger partial charge in [0.1, 0.15) is 0 Å². The fraction of sp³-hybridized carbons (Fsp3) is 0.143. The third-order valence-electron chi connectivity index (χ3n) is 2.74. The first-order chi connectivity index (χ1) is 9.50. The van der Waals surface area contributed by atoms with Crippen molar-refractivity contribution >= 4 is 37.6 Å². The third kappa shape index (κ3) is 3.82. The van der Waals surface area contributed by atoms with Crippen LogP contribution in [0.3, 0.4) is 0 Å². The Kier molecular flexibility index (Phi) is 5.21.